The molecule has 3 N–H and O–H groups in total. The number of hydrogen-bond acceptors (Lipinski definition) is 6. The maximum Gasteiger partial charge on any atom is 0.331 e. The molecule has 3 aromatic rings. The molecule has 1 saturated heterocycles. The molecule has 9 heteroatoms. The first kappa shape index (κ1) is 21.4. The Labute approximate surface area is 201 Å². The first-order chi connectivity index (χ1) is 16.6. The van der Waals surface area contributed by atoms with Crippen LogP contribution in [-0.2, 0) is 0 Å². The summed E-state index contributed by atoms with van der Waals surface area (Å²) in [7, 11) is 0. The molecule has 34 heavy (non-hydrogen) atoms. The Morgan fingerprint density at radius 3 is 2.82 bits per heavy atom. The molecule has 3 amide bonds. The van der Waals surface area contributed by atoms with Gasteiger partial charge in [0.25, 0.3) is 5.91 Å². The number of ether oxygens (including phenoxy) is 1. The molecule has 2 aromatic heterocycles. The third-order valence-corrected chi connectivity index (χ3v) is 7.94. The summed E-state index contributed by atoms with van der Waals surface area (Å²) in [5, 5.41) is 10.2. The van der Waals surface area contributed by atoms with Gasteiger partial charge in [-0.1, -0.05) is 0 Å². The predicted molar refractivity (Wildman–Crippen MR) is 134 cm³/mol. The number of nitrogens with zero attached hydrogens (tertiary/aromatic N) is 2. The van der Waals surface area contributed by atoms with E-state index in [1.165, 1.54) is 17.8 Å². The highest BCUT2D eigenvalue weighted by Gasteiger charge is 2.34. The second-order valence-electron chi connectivity index (χ2n) is 9.22. The van der Waals surface area contributed by atoms with E-state index in [0.29, 0.717) is 16.7 Å². The van der Waals surface area contributed by atoms with Gasteiger partial charge in [-0.2, -0.15) is 0 Å². The van der Waals surface area contributed by atoms with Crippen LogP contribution in [0.4, 0.5) is 21.9 Å². The molecular weight excluding hydrogens is 450 g/mol. The van der Waals surface area contributed by atoms with Crippen molar-refractivity contribution in [1.82, 2.24) is 15.6 Å². The quantitative estimate of drug-likeness (QED) is 0.495. The number of benzene rings is 1. The molecule has 1 aromatic carbocycles. The van der Waals surface area contributed by atoms with E-state index < -0.39 is 0 Å². The third-order valence-electron chi connectivity index (χ3n) is 6.85. The molecule has 2 aliphatic heterocycles. The van der Waals surface area contributed by atoms with Gasteiger partial charge < -0.3 is 20.7 Å². The van der Waals surface area contributed by atoms with Crippen molar-refractivity contribution in [3.05, 3.63) is 40.9 Å². The average molecular weight is 478 g/mol. The van der Waals surface area contributed by atoms with E-state index in [1.54, 1.807) is 11.1 Å². The standard InChI is InChI=1S/C25H27N5O3S/c1-14-12-17(33-16-5-2-6-16)7-8-18(14)30-19-9-11-27-24-20(19)21(29-25(30)32)22(34-24)23(31)28-15-4-3-10-26-13-15/h7-9,11-12,15-16,26H,2-6,10,13H2,1H3,(H,28,31)(H,29,32)/t15-/m1/s1. The number of amides is 3. The Hall–Kier alpha value is -3.17. The number of urea groups is 1. The Bertz CT molecular complexity index is 1280. The average Bonchev–Trinajstić information content (AvgIpc) is 3.18. The van der Waals surface area contributed by atoms with Crippen LogP contribution in [0.5, 0.6) is 5.75 Å². The van der Waals surface area contributed by atoms with E-state index in [-0.39, 0.29) is 18.0 Å². The molecule has 1 aliphatic carbocycles. The fraction of sp³-hybridized carbons (Fsp3) is 0.400. The van der Waals surface area contributed by atoms with Crippen molar-refractivity contribution in [1.29, 1.82) is 0 Å². The van der Waals surface area contributed by atoms with Gasteiger partial charge in [0, 0.05) is 18.8 Å². The molecule has 176 valence electrons. The summed E-state index contributed by atoms with van der Waals surface area (Å²) < 4.78 is 6.03. The minimum absolute atomic E-state index is 0.0881. The molecule has 4 heterocycles. The zero-order chi connectivity index (χ0) is 23.2. The van der Waals surface area contributed by atoms with Gasteiger partial charge in [0.15, 0.2) is 0 Å². The molecule has 0 radical (unpaired) electrons. The summed E-state index contributed by atoms with van der Waals surface area (Å²) in [6, 6.07) is 7.47. The number of pyridine rings is 1. The van der Waals surface area contributed by atoms with Crippen molar-refractivity contribution in [2.75, 3.05) is 23.3 Å². The summed E-state index contributed by atoms with van der Waals surface area (Å²) in [4.78, 5) is 33.9. The Morgan fingerprint density at radius 1 is 1.21 bits per heavy atom. The number of aryl methyl sites for hydroxylation is 1. The number of carbonyl (C=O) groups is 2. The smallest absolute Gasteiger partial charge is 0.331 e. The van der Waals surface area contributed by atoms with Gasteiger partial charge >= 0.3 is 6.03 Å². The van der Waals surface area contributed by atoms with E-state index in [4.69, 9.17) is 4.74 Å². The van der Waals surface area contributed by atoms with Gasteiger partial charge in [-0.25, -0.2) is 9.78 Å². The molecule has 0 spiro atoms. The monoisotopic (exact) mass is 477 g/mol. The SMILES string of the molecule is Cc1cc(OC2CCC2)ccc1N1C(=O)Nc2c(C(=O)N[C@@H]3CCCNC3)sc3nccc1c23. The molecule has 1 atom stereocenters. The number of rotatable bonds is 5. The van der Waals surface area contributed by atoms with E-state index in [9.17, 15) is 9.59 Å². The number of thiophene rings is 1. The number of carbonyl (C=O) groups excluding carboxylic acids is 2. The minimum atomic E-state index is -0.289. The van der Waals surface area contributed by atoms with Crippen molar-refractivity contribution < 1.29 is 14.3 Å². The Balaban J connectivity index is 1.34. The zero-order valence-corrected chi connectivity index (χ0v) is 19.8. The third kappa shape index (κ3) is 3.69. The lowest BCUT2D eigenvalue weighted by Gasteiger charge is -2.30. The summed E-state index contributed by atoms with van der Waals surface area (Å²) in [6.07, 6.45) is 7.38. The Morgan fingerprint density at radius 2 is 2.09 bits per heavy atom. The lowest BCUT2D eigenvalue weighted by molar-refractivity contribution is 0.0935. The topological polar surface area (TPSA) is 95.6 Å². The van der Waals surface area contributed by atoms with Crippen LogP contribution in [0.3, 0.4) is 0 Å². The van der Waals surface area contributed by atoms with Gasteiger partial charge in [0.2, 0.25) is 0 Å². The van der Waals surface area contributed by atoms with E-state index in [2.05, 4.69) is 20.9 Å². The van der Waals surface area contributed by atoms with Crippen LogP contribution < -0.4 is 25.6 Å². The summed E-state index contributed by atoms with van der Waals surface area (Å²) in [5.74, 6) is 0.663. The van der Waals surface area contributed by atoms with Crippen LogP contribution >= 0.6 is 11.3 Å². The van der Waals surface area contributed by atoms with Crippen LogP contribution in [-0.4, -0.2) is 42.2 Å². The highest BCUT2D eigenvalue weighted by Crippen LogP contribution is 2.46. The molecule has 0 bridgehead atoms. The lowest BCUT2D eigenvalue weighted by atomic mass is 9.96. The van der Waals surface area contributed by atoms with Crippen LogP contribution in [0.2, 0.25) is 0 Å². The molecule has 2 fully saturated rings. The molecular formula is C25H27N5O3S. The van der Waals surface area contributed by atoms with E-state index in [0.717, 1.165) is 71.7 Å². The first-order valence-corrected chi connectivity index (χ1v) is 12.7. The van der Waals surface area contributed by atoms with Gasteiger partial charge in [-0.15, -0.1) is 11.3 Å². The van der Waals surface area contributed by atoms with Crippen LogP contribution in [0, 0.1) is 6.92 Å². The maximum absolute atomic E-state index is 13.4. The first-order valence-electron chi connectivity index (χ1n) is 11.9. The predicted octanol–water partition coefficient (Wildman–Crippen LogP) is 4.70. The second kappa shape index (κ2) is 8.56. The minimum Gasteiger partial charge on any atom is -0.490 e. The van der Waals surface area contributed by atoms with Crippen molar-refractivity contribution in [3.63, 3.8) is 0 Å². The van der Waals surface area contributed by atoms with E-state index >= 15 is 0 Å². The lowest BCUT2D eigenvalue weighted by Crippen LogP contribution is -2.45. The maximum atomic E-state index is 13.4. The van der Waals surface area contributed by atoms with E-state index in [1.807, 2.05) is 31.2 Å². The van der Waals surface area contributed by atoms with Gasteiger partial charge in [0.1, 0.15) is 15.5 Å². The van der Waals surface area contributed by atoms with Gasteiger partial charge in [-0.05, 0) is 75.4 Å². The number of hydrogen-bond donors (Lipinski definition) is 3. The summed E-state index contributed by atoms with van der Waals surface area (Å²) >= 11 is 1.32. The molecule has 0 unspecified atom stereocenters. The summed E-state index contributed by atoms with van der Waals surface area (Å²) in [6.45, 7) is 3.72. The van der Waals surface area contributed by atoms with Crippen molar-refractivity contribution in [2.45, 2.75) is 51.2 Å². The second-order valence-corrected chi connectivity index (χ2v) is 10.2. The largest absolute Gasteiger partial charge is 0.490 e. The fourth-order valence-corrected chi connectivity index (χ4v) is 5.87. The number of aromatic nitrogens is 1. The highest BCUT2D eigenvalue weighted by molar-refractivity contribution is 7.21. The molecule has 1 saturated carbocycles. The van der Waals surface area contributed by atoms with Crippen molar-refractivity contribution >= 4 is 50.6 Å². The van der Waals surface area contributed by atoms with Gasteiger partial charge in [0.05, 0.1) is 28.6 Å². The Kier molecular flexibility index (Phi) is 5.38. The van der Waals surface area contributed by atoms with Crippen molar-refractivity contribution in [3.8, 4) is 5.75 Å². The summed E-state index contributed by atoms with van der Waals surface area (Å²) in [5.41, 5.74) is 3.00. The highest BCUT2D eigenvalue weighted by atomic mass is 32.1. The number of anilines is 3. The number of piperidine rings is 1. The zero-order valence-electron chi connectivity index (χ0n) is 19.0. The van der Waals surface area contributed by atoms with Crippen LogP contribution in [0.15, 0.2) is 30.5 Å². The number of nitrogens with one attached hydrogen (secondary N) is 3. The van der Waals surface area contributed by atoms with Gasteiger partial charge in [-0.3, -0.25) is 9.69 Å². The normalized spacial score (nSPS) is 20.1. The van der Waals surface area contributed by atoms with Crippen molar-refractivity contribution in [2.24, 2.45) is 0 Å². The molecule has 3 aliphatic rings. The fourth-order valence-electron chi connectivity index (χ4n) is 4.84. The van der Waals surface area contributed by atoms with Crippen LogP contribution in [0.25, 0.3) is 10.2 Å². The molecule has 8 nitrogen and oxygen atoms in total. The molecule has 6 rings (SSSR count). The van der Waals surface area contributed by atoms with Crippen LogP contribution in [0.1, 0.15) is 47.3 Å².